The fourth-order valence-electron chi connectivity index (χ4n) is 4.64. The van der Waals surface area contributed by atoms with Crippen molar-refractivity contribution >= 4 is 5.91 Å². The first-order valence-corrected chi connectivity index (χ1v) is 11.0. The lowest BCUT2D eigenvalue weighted by Gasteiger charge is -2.31. The molecule has 1 amide bonds. The number of piperidine rings is 1. The lowest BCUT2D eigenvalue weighted by molar-refractivity contribution is -0.133. The summed E-state index contributed by atoms with van der Waals surface area (Å²) < 4.78 is 11.2. The Kier molecular flexibility index (Phi) is 7.60. The molecule has 156 valence electrons. The van der Waals surface area contributed by atoms with Crippen LogP contribution in [-0.4, -0.2) is 43.2 Å². The van der Waals surface area contributed by atoms with E-state index in [1.165, 1.54) is 12.8 Å². The summed E-state index contributed by atoms with van der Waals surface area (Å²) in [6.07, 6.45) is 7.48. The molecule has 28 heavy (non-hydrogen) atoms. The van der Waals surface area contributed by atoms with Gasteiger partial charge in [0.2, 0.25) is 5.91 Å². The standard InChI is InChI=1S/C23H36N2O3/c1-4-10-25(23(26)15-18-12-19-7-8-20(13-18)24-19)16-17-6-9-21(28-11-5-2)22(14-17)27-3/h6,9,14,18-20,24H,4-5,7-8,10-13,15-16H2,1-3H3. The van der Waals surface area contributed by atoms with Gasteiger partial charge in [0.15, 0.2) is 11.5 Å². The Labute approximate surface area is 169 Å². The third-order valence-corrected chi connectivity index (χ3v) is 5.94. The van der Waals surface area contributed by atoms with Crippen molar-refractivity contribution in [3.05, 3.63) is 23.8 Å². The monoisotopic (exact) mass is 388 g/mol. The highest BCUT2D eigenvalue weighted by atomic mass is 16.5. The molecule has 0 spiro atoms. The van der Waals surface area contributed by atoms with E-state index in [9.17, 15) is 4.79 Å². The minimum absolute atomic E-state index is 0.290. The Hall–Kier alpha value is -1.75. The Bertz CT molecular complexity index is 637. The normalized spacial score (nSPS) is 23.5. The molecule has 5 nitrogen and oxygen atoms in total. The van der Waals surface area contributed by atoms with Crippen LogP contribution in [-0.2, 0) is 11.3 Å². The highest BCUT2D eigenvalue weighted by Crippen LogP contribution is 2.33. The molecule has 0 aromatic heterocycles. The van der Waals surface area contributed by atoms with Gasteiger partial charge >= 0.3 is 0 Å². The van der Waals surface area contributed by atoms with Crippen LogP contribution in [0.25, 0.3) is 0 Å². The summed E-state index contributed by atoms with van der Waals surface area (Å²) in [6, 6.07) is 7.29. The van der Waals surface area contributed by atoms with Crippen LogP contribution >= 0.6 is 0 Å². The number of carbonyl (C=O) groups excluding carboxylic acids is 1. The number of rotatable bonds is 10. The fraction of sp³-hybridized carbons (Fsp3) is 0.696. The number of fused-ring (bicyclic) bond motifs is 2. The molecule has 2 saturated heterocycles. The number of hydrogen-bond donors (Lipinski definition) is 1. The van der Waals surface area contributed by atoms with Gasteiger partial charge in [0.1, 0.15) is 0 Å². The Morgan fingerprint density at radius 3 is 2.54 bits per heavy atom. The number of nitrogens with one attached hydrogen (secondary N) is 1. The van der Waals surface area contributed by atoms with E-state index >= 15 is 0 Å². The molecule has 0 aliphatic carbocycles. The predicted octanol–water partition coefficient (Wildman–Crippen LogP) is 4.14. The van der Waals surface area contributed by atoms with E-state index < -0.39 is 0 Å². The second kappa shape index (κ2) is 10.1. The van der Waals surface area contributed by atoms with Crippen molar-refractivity contribution in [3.63, 3.8) is 0 Å². The average molecular weight is 389 g/mol. The molecule has 1 N–H and O–H groups in total. The molecule has 1 aromatic rings. The molecule has 3 rings (SSSR count). The zero-order valence-corrected chi connectivity index (χ0v) is 17.7. The van der Waals surface area contributed by atoms with E-state index in [0.29, 0.717) is 43.5 Å². The number of benzene rings is 1. The van der Waals surface area contributed by atoms with E-state index in [1.807, 2.05) is 23.1 Å². The second-order valence-corrected chi connectivity index (χ2v) is 8.33. The van der Waals surface area contributed by atoms with E-state index in [0.717, 1.165) is 49.3 Å². The van der Waals surface area contributed by atoms with Crippen LogP contribution in [0, 0.1) is 5.92 Å². The van der Waals surface area contributed by atoms with E-state index in [2.05, 4.69) is 19.2 Å². The molecular weight excluding hydrogens is 352 g/mol. The van der Waals surface area contributed by atoms with Crippen molar-refractivity contribution in [3.8, 4) is 11.5 Å². The summed E-state index contributed by atoms with van der Waals surface area (Å²) >= 11 is 0. The zero-order valence-electron chi connectivity index (χ0n) is 17.7. The van der Waals surface area contributed by atoms with Crippen LogP contribution in [0.4, 0.5) is 0 Å². The van der Waals surface area contributed by atoms with Gasteiger partial charge in [-0.3, -0.25) is 4.79 Å². The second-order valence-electron chi connectivity index (χ2n) is 8.33. The number of amides is 1. The number of ether oxygens (including phenoxy) is 2. The van der Waals surface area contributed by atoms with Crippen molar-refractivity contribution < 1.29 is 14.3 Å². The van der Waals surface area contributed by atoms with Gasteiger partial charge < -0.3 is 19.7 Å². The molecule has 2 atom stereocenters. The van der Waals surface area contributed by atoms with Crippen LogP contribution in [0.3, 0.4) is 0 Å². The molecule has 2 heterocycles. The van der Waals surface area contributed by atoms with Crippen LogP contribution in [0.1, 0.15) is 64.4 Å². The summed E-state index contributed by atoms with van der Waals surface area (Å²) in [4.78, 5) is 15.1. The first-order chi connectivity index (χ1) is 13.6. The highest BCUT2D eigenvalue weighted by molar-refractivity contribution is 5.76. The first kappa shape index (κ1) is 21.0. The molecule has 2 unspecified atom stereocenters. The van der Waals surface area contributed by atoms with Crippen molar-refractivity contribution in [2.75, 3.05) is 20.3 Å². The van der Waals surface area contributed by atoms with Gasteiger partial charge in [0, 0.05) is 31.6 Å². The zero-order chi connectivity index (χ0) is 19.9. The van der Waals surface area contributed by atoms with Gasteiger partial charge in [-0.15, -0.1) is 0 Å². The summed E-state index contributed by atoms with van der Waals surface area (Å²) in [5.41, 5.74) is 1.09. The van der Waals surface area contributed by atoms with Gasteiger partial charge in [-0.05, 0) is 62.1 Å². The van der Waals surface area contributed by atoms with Crippen molar-refractivity contribution in [2.45, 2.75) is 77.4 Å². The van der Waals surface area contributed by atoms with Gasteiger partial charge in [0.25, 0.3) is 0 Å². The summed E-state index contributed by atoms with van der Waals surface area (Å²) in [6.45, 7) is 6.33. The molecule has 2 fully saturated rings. The topological polar surface area (TPSA) is 50.8 Å². The molecule has 5 heteroatoms. The molecule has 0 saturated carbocycles. The quantitative estimate of drug-likeness (QED) is 0.654. The van der Waals surface area contributed by atoms with Gasteiger partial charge in [-0.2, -0.15) is 0 Å². The van der Waals surface area contributed by atoms with Gasteiger partial charge in [0.05, 0.1) is 13.7 Å². The van der Waals surface area contributed by atoms with Gasteiger partial charge in [-0.1, -0.05) is 19.9 Å². The number of hydrogen-bond acceptors (Lipinski definition) is 4. The van der Waals surface area contributed by atoms with Crippen LogP contribution < -0.4 is 14.8 Å². The predicted molar refractivity (Wildman–Crippen MR) is 112 cm³/mol. The SMILES string of the molecule is CCCOc1ccc(CN(CCC)C(=O)CC2CC3CCC(C2)N3)cc1OC. The lowest BCUT2D eigenvalue weighted by atomic mass is 9.89. The fourth-order valence-corrected chi connectivity index (χ4v) is 4.64. The summed E-state index contributed by atoms with van der Waals surface area (Å²) in [5, 5.41) is 3.67. The van der Waals surface area contributed by atoms with Crippen LogP contribution in [0.2, 0.25) is 0 Å². The number of nitrogens with zero attached hydrogens (tertiary/aromatic N) is 1. The lowest BCUT2D eigenvalue weighted by Crippen LogP contribution is -2.40. The van der Waals surface area contributed by atoms with E-state index in [1.54, 1.807) is 7.11 Å². The van der Waals surface area contributed by atoms with Crippen molar-refractivity contribution in [2.24, 2.45) is 5.92 Å². The highest BCUT2D eigenvalue weighted by Gasteiger charge is 2.34. The minimum Gasteiger partial charge on any atom is -0.493 e. The molecule has 1 aromatic carbocycles. The molecular formula is C23H36N2O3. The summed E-state index contributed by atoms with van der Waals surface area (Å²) in [7, 11) is 1.66. The third kappa shape index (κ3) is 5.40. The van der Waals surface area contributed by atoms with E-state index in [-0.39, 0.29) is 0 Å². The van der Waals surface area contributed by atoms with Gasteiger partial charge in [-0.25, -0.2) is 0 Å². The van der Waals surface area contributed by atoms with Crippen molar-refractivity contribution in [1.82, 2.24) is 10.2 Å². The third-order valence-electron chi connectivity index (χ3n) is 5.94. The maximum atomic E-state index is 13.1. The maximum absolute atomic E-state index is 13.1. The Morgan fingerprint density at radius 1 is 1.14 bits per heavy atom. The Balaban J connectivity index is 1.62. The average Bonchev–Trinajstić information content (AvgIpc) is 3.04. The van der Waals surface area contributed by atoms with Crippen LogP contribution in [0.5, 0.6) is 11.5 Å². The Morgan fingerprint density at radius 2 is 1.89 bits per heavy atom. The molecule has 2 bridgehead atoms. The first-order valence-electron chi connectivity index (χ1n) is 11.0. The largest absolute Gasteiger partial charge is 0.493 e. The summed E-state index contributed by atoms with van der Waals surface area (Å²) in [5.74, 6) is 2.33. The smallest absolute Gasteiger partial charge is 0.223 e. The molecule has 2 aliphatic heterocycles. The van der Waals surface area contributed by atoms with Crippen molar-refractivity contribution in [1.29, 1.82) is 0 Å². The van der Waals surface area contributed by atoms with Crippen LogP contribution in [0.15, 0.2) is 18.2 Å². The number of carbonyl (C=O) groups is 1. The van der Waals surface area contributed by atoms with E-state index in [4.69, 9.17) is 9.47 Å². The molecule has 2 aliphatic rings. The maximum Gasteiger partial charge on any atom is 0.223 e. The molecule has 0 radical (unpaired) electrons. The minimum atomic E-state index is 0.290. The number of methoxy groups -OCH3 is 1.